The molecule has 1 aromatic rings. The second kappa shape index (κ2) is 6.17. The van der Waals surface area contributed by atoms with Crippen molar-refractivity contribution >= 4 is 17.3 Å². The van der Waals surface area contributed by atoms with Crippen molar-refractivity contribution in [1.29, 1.82) is 0 Å². The number of nitrogens with one attached hydrogen (secondary N) is 1. The standard InChI is InChI=1S/C12H19ClN4/c1-10(17-5-3-2-4-6-17)8-14-11-7-12(13)16-15-9-11/h7,9-10H,2-6,8H2,1H3,(H,14,16). The van der Waals surface area contributed by atoms with Gasteiger partial charge in [-0.1, -0.05) is 18.0 Å². The van der Waals surface area contributed by atoms with Gasteiger partial charge in [0.15, 0.2) is 5.15 Å². The Balaban J connectivity index is 1.80. The van der Waals surface area contributed by atoms with Gasteiger partial charge in [-0.15, -0.1) is 5.10 Å². The molecule has 1 N–H and O–H groups in total. The molecule has 4 nitrogen and oxygen atoms in total. The first kappa shape index (κ1) is 12.6. The van der Waals surface area contributed by atoms with Gasteiger partial charge in [-0.2, -0.15) is 5.10 Å². The zero-order valence-corrected chi connectivity index (χ0v) is 11.0. The van der Waals surface area contributed by atoms with Gasteiger partial charge in [-0.25, -0.2) is 0 Å². The Kier molecular flexibility index (Phi) is 4.57. The van der Waals surface area contributed by atoms with E-state index in [1.165, 1.54) is 32.4 Å². The van der Waals surface area contributed by atoms with Crippen molar-refractivity contribution in [3.8, 4) is 0 Å². The van der Waals surface area contributed by atoms with Crippen LogP contribution in [0.2, 0.25) is 5.15 Å². The van der Waals surface area contributed by atoms with Gasteiger partial charge in [0.2, 0.25) is 0 Å². The Morgan fingerprint density at radius 2 is 2.18 bits per heavy atom. The fourth-order valence-electron chi connectivity index (χ4n) is 2.19. The fraction of sp³-hybridized carbons (Fsp3) is 0.667. The Bertz CT molecular complexity index is 352. The number of halogens is 1. The number of hydrogen-bond acceptors (Lipinski definition) is 4. The van der Waals surface area contributed by atoms with E-state index >= 15 is 0 Å². The van der Waals surface area contributed by atoms with E-state index in [0.717, 1.165) is 12.2 Å². The highest BCUT2D eigenvalue weighted by Crippen LogP contribution is 2.14. The van der Waals surface area contributed by atoms with Crippen LogP contribution < -0.4 is 5.32 Å². The summed E-state index contributed by atoms with van der Waals surface area (Å²) in [5, 5.41) is 11.3. The summed E-state index contributed by atoms with van der Waals surface area (Å²) in [5.41, 5.74) is 0.939. The lowest BCUT2D eigenvalue weighted by atomic mass is 10.1. The van der Waals surface area contributed by atoms with Crippen LogP contribution >= 0.6 is 11.6 Å². The molecule has 0 bridgehead atoms. The van der Waals surface area contributed by atoms with Gasteiger partial charge >= 0.3 is 0 Å². The first-order valence-corrected chi connectivity index (χ1v) is 6.59. The predicted octanol–water partition coefficient (Wildman–Crippen LogP) is 2.42. The molecule has 5 heteroatoms. The van der Waals surface area contributed by atoms with Gasteiger partial charge in [-0.3, -0.25) is 4.90 Å². The molecule has 0 aliphatic carbocycles. The molecule has 0 spiro atoms. The van der Waals surface area contributed by atoms with Crippen LogP contribution in [0.25, 0.3) is 0 Å². The van der Waals surface area contributed by atoms with E-state index in [9.17, 15) is 0 Å². The zero-order chi connectivity index (χ0) is 12.1. The zero-order valence-electron chi connectivity index (χ0n) is 10.2. The number of rotatable bonds is 4. The maximum atomic E-state index is 5.78. The Morgan fingerprint density at radius 3 is 2.88 bits per heavy atom. The lowest BCUT2D eigenvalue weighted by Gasteiger charge is -2.32. The number of anilines is 1. The molecule has 1 atom stereocenters. The number of nitrogens with zero attached hydrogens (tertiary/aromatic N) is 3. The molecule has 1 aliphatic rings. The van der Waals surface area contributed by atoms with E-state index in [1.807, 2.05) is 0 Å². The largest absolute Gasteiger partial charge is 0.382 e. The van der Waals surface area contributed by atoms with E-state index in [0.29, 0.717) is 11.2 Å². The van der Waals surface area contributed by atoms with Crippen molar-refractivity contribution < 1.29 is 0 Å². The molecule has 1 saturated heterocycles. The summed E-state index contributed by atoms with van der Waals surface area (Å²) in [6.45, 7) is 5.62. The minimum atomic E-state index is 0.431. The number of likely N-dealkylation sites (tertiary alicyclic amines) is 1. The number of aromatic nitrogens is 2. The van der Waals surface area contributed by atoms with E-state index in [1.54, 1.807) is 12.3 Å². The van der Waals surface area contributed by atoms with Crippen LogP contribution in [0.1, 0.15) is 26.2 Å². The number of piperidine rings is 1. The molecular weight excluding hydrogens is 236 g/mol. The van der Waals surface area contributed by atoms with Crippen molar-refractivity contribution in [2.75, 3.05) is 25.0 Å². The summed E-state index contributed by atoms with van der Waals surface area (Å²) in [6, 6.07) is 2.35. The minimum Gasteiger partial charge on any atom is -0.382 e. The second-order valence-corrected chi connectivity index (χ2v) is 4.98. The van der Waals surface area contributed by atoms with Crippen LogP contribution in [0.3, 0.4) is 0 Å². The van der Waals surface area contributed by atoms with Gasteiger partial charge in [0, 0.05) is 18.7 Å². The average Bonchev–Trinajstić information content (AvgIpc) is 2.37. The average molecular weight is 255 g/mol. The highest BCUT2D eigenvalue weighted by atomic mass is 35.5. The summed E-state index contributed by atoms with van der Waals surface area (Å²) < 4.78 is 0. The molecule has 94 valence electrons. The highest BCUT2D eigenvalue weighted by molar-refractivity contribution is 6.29. The molecule has 1 fully saturated rings. The molecule has 1 aliphatic heterocycles. The first-order chi connectivity index (χ1) is 8.25. The summed E-state index contributed by atoms with van der Waals surface area (Å²) in [7, 11) is 0. The topological polar surface area (TPSA) is 41.1 Å². The summed E-state index contributed by atoms with van der Waals surface area (Å²) in [4.78, 5) is 2.53. The van der Waals surface area contributed by atoms with E-state index in [-0.39, 0.29) is 0 Å². The van der Waals surface area contributed by atoms with Crippen LogP contribution in [-0.2, 0) is 0 Å². The van der Waals surface area contributed by atoms with Gasteiger partial charge in [-0.05, 0) is 32.9 Å². The van der Waals surface area contributed by atoms with Crippen molar-refractivity contribution in [3.63, 3.8) is 0 Å². The Labute approximate surface area is 107 Å². The second-order valence-electron chi connectivity index (χ2n) is 4.59. The van der Waals surface area contributed by atoms with Crippen LogP contribution in [-0.4, -0.2) is 40.8 Å². The highest BCUT2D eigenvalue weighted by Gasteiger charge is 2.16. The first-order valence-electron chi connectivity index (χ1n) is 6.22. The van der Waals surface area contributed by atoms with Crippen LogP contribution in [0.15, 0.2) is 12.3 Å². The third-order valence-corrected chi connectivity index (χ3v) is 3.42. The summed E-state index contributed by atoms with van der Waals surface area (Å²) in [5.74, 6) is 0. The van der Waals surface area contributed by atoms with Crippen LogP contribution in [0, 0.1) is 0 Å². The third kappa shape index (κ3) is 3.82. The molecule has 2 heterocycles. The van der Waals surface area contributed by atoms with Gasteiger partial charge in [0.05, 0.1) is 11.9 Å². The minimum absolute atomic E-state index is 0.431. The van der Waals surface area contributed by atoms with Gasteiger partial charge in [0.25, 0.3) is 0 Å². The summed E-state index contributed by atoms with van der Waals surface area (Å²) >= 11 is 5.78. The van der Waals surface area contributed by atoms with E-state index < -0.39 is 0 Å². The Hall–Kier alpha value is -0.870. The predicted molar refractivity (Wildman–Crippen MR) is 70.4 cm³/mol. The number of hydrogen-bond donors (Lipinski definition) is 1. The molecule has 2 rings (SSSR count). The maximum Gasteiger partial charge on any atom is 0.153 e. The molecule has 1 unspecified atom stereocenters. The van der Waals surface area contributed by atoms with Gasteiger partial charge < -0.3 is 5.32 Å². The van der Waals surface area contributed by atoms with Crippen molar-refractivity contribution in [1.82, 2.24) is 15.1 Å². The van der Waals surface area contributed by atoms with E-state index in [4.69, 9.17) is 11.6 Å². The molecule has 0 amide bonds. The van der Waals surface area contributed by atoms with Crippen LogP contribution in [0.4, 0.5) is 5.69 Å². The van der Waals surface area contributed by atoms with Gasteiger partial charge in [0.1, 0.15) is 0 Å². The van der Waals surface area contributed by atoms with Crippen molar-refractivity contribution in [2.45, 2.75) is 32.2 Å². The lowest BCUT2D eigenvalue weighted by Crippen LogP contribution is -2.41. The quantitative estimate of drug-likeness (QED) is 0.896. The SMILES string of the molecule is CC(CNc1cnnc(Cl)c1)N1CCCCC1. The monoisotopic (exact) mass is 254 g/mol. The normalized spacial score (nSPS) is 18.9. The Morgan fingerprint density at radius 1 is 1.41 bits per heavy atom. The molecule has 1 aromatic heterocycles. The van der Waals surface area contributed by atoms with Crippen LogP contribution in [0.5, 0.6) is 0 Å². The molecule has 17 heavy (non-hydrogen) atoms. The van der Waals surface area contributed by atoms with E-state index in [2.05, 4.69) is 27.3 Å². The third-order valence-electron chi connectivity index (χ3n) is 3.24. The molecular formula is C12H19ClN4. The smallest absolute Gasteiger partial charge is 0.153 e. The van der Waals surface area contributed by atoms with Crippen molar-refractivity contribution in [3.05, 3.63) is 17.4 Å². The molecule has 0 saturated carbocycles. The fourth-order valence-corrected chi connectivity index (χ4v) is 2.35. The lowest BCUT2D eigenvalue weighted by molar-refractivity contribution is 0.180. The summed E-state index contributed by atoms with van der Waals surface area (Å²) in [6.07, 6.45) is 5.73. The maximum absolute atomic E-state index is 5.78. The van der Waals surface area contributed by atoms with Crippen molar-refractivity contribution in [2.24, 2.45) is 0 Å². The molecule has 0 aromatic carbocycles. The molecule has 0 radical (unpaired) electrons.